The summed E-state index contributed by atoms with van der Waals surface area (Å²) in [4.78, 5) is 38.7. The number of rotatable bonds is 4. The van der Waals surface area contributed by atoms with Crippen LogP contribution >= 0.6 is 0 Å². The van der Waals surface area contributed by atoms with Crippen LogP contribution in [-0.4, -0.2) is 16.7 Å². The fourth-order valence-corrected chi connectivity index (χ4v) is 5.27. The molecule has 1 aliphatic heterocycles. The highest BCUT2D eigenvalue weighted by molar-refractivity contribution is 6.29. The summed E-state index contributed by atoms with van der Waals surface area (Å²) in [6.07, 6.45) is 0. The molecule has 3 aromatic rings. The fraction of sp³-hybridized carbons (Fsp3) is 0.167. The molecule has 2 fully saturated rings. The largest absolute Gasteiger partial charge is 0.274 e. The van der Waals surface area contributed by atoms with E-state index in [1.165, 1.54) is 29.2 Å². The highest BCUT2D eigenvalue weighted by Crippen LogP contribution is 2.76. The van der Waals surface area contributed by atoms with E-state index in [-0.39, 0.29) is 17.5 Å². The normalized spacial score (nSPS) is 23.9. The molecule has 6 heteroatoms. The number of nitrogens with zero attached hydrogens (tertiary/aromatic N) is 2. The van der Waals surface area contributed by atoms with Gasteiger partial charge in [0.15, 0.2) is 0 Å². The van der Waals surface area contributed by atoms with E-state index in [9.17, 15) is 19.7 Å². The summed E-state index contributed by atoms with van der Waals surface area (Å²) < 4.78 is 0. The first kappa shape index (κ1) is 18.2. The molecule has 0 N–H and O–H groups in total. The summed E-state index contributed by atoms with van der Waals surface area (Å²) in [7, 11) is 0. The van der Waals surface area contributed by atoms with Crippen LogP contribution in [0.5, 0.6) is 0 Å². The van der Waals surface area contributed by atoms with Crippen molar-refractivity contribution in [2.75, 3.05) is 4.90 Å². The molecule has 3 aromatic carbocycles. The molecule has 0 bridgehead atoms. The van der Waals surface area contributed by atoms with Crippen molar-refractivity contribution in [3.63, 3.8) is 0 Å². The summed E-state index contributed by atoms with van der Waals surface area (Å²) in [6, 6.07) is 24.9. The number of nitro groups is 1. The van der Waals surface area contributed by atoms with Gasteiger partial charge in [-0.25, -0.2) is 4.90 Å². The maximum Gasteiger partial charge on any atom is 0.269 e. The van der Waals surface area contributed by atoms with E-state index in [0.29, 0.717) is 5.69 Å². The van der Waals surface area contributed by atoms with Crippen molar-refractivity contribution in [1.82, 2.24) is 0 Å². The number of hydrogen-bond donors (Lipinski definition) is 0. The van der Waals surface area contributed by atoms with Gasteiger partial charge in [0.25, 0.3) is 5.69 Å². The lowest BCUT2D eigenvalue weighted by molar-refractivity contribution is -0.384. The summed E-state index contributed by atoms with van der Waals surface area (Å²) in [6.45, 7) is 1.85. The molecule has 30 heavy (non-hydrogen) atoms. The predicted octanol–water partition coefficient (Wildman–Crippen LogP) is 4.09. The second-order valence-electron chi connectivity index (χ2n) is 7.93. The summed E-state index contributed by atoms with van der Waals surface area (Å²) in [5, 5.41) is 10.9. The van der Waals surface area contributed by atoms with Gasteiger partial charge in [0.2, 0.25) is 11.8 Å². The molecule has 5 rings (SSSR count). The lowest BCUT2D eigenvalue weighted by atomic mass is 9.79. The summed E-state index contributed by atoms with van der Waals surface area (Å²) in [5.41, 5.74) is 0.508. The zero-order valence-electron chi connectivity index (χ0n) is 16.2. The van der Waals surface area contributed by atoms with Crippen LogP contribution in [0.25, 0.3) is 0 Å². The quantitative estimate of drug-likeness (QED) is 0.377. The number of nitro benzene ring substituents is 1. The van der Waals surface area contributed by atoms with Gasteiger partial charge in [-0.3, -0.25) is 19.7 Å². The molecule has 1 saturated heterocycles. The number of imide groups is 1. The van der Waals surface area contributed by atoms with Crippen LogP contribution in [-0.2, 0) is 15.0 Å². The van der Waals surface area contributed by atoms with E-state index < -0.39 is 21.7 Å². The van der Waals surface area contributed by atoms with Gasteiger partial charge in [0, 0.05) is 17.5 Å². The molecular weight excluding hydrogens is 380 g/mol. The third kappa shape index (κ3) is 2.08. The Kier molecular flexibility index (Phi) is 3.71. The number of piperidine rings is 1. The third-order valence-electron chi connectivity index (χ3n) is 6.64. The van der Waals surface area contributed by atoms with Crippen molar-refractivity contribution < 1.29 is 14.5 Å². The number of amides is 2. The lowest BCUT2D eigenvalue weighted by Crippen LogP contribution is -2.42. The van der Waals surface area contributed by atoms with Crippen molar-refractivity contribution in [2.45, 2.75) is 12.3 Å². The summed E-state index contributed by atoms with van der Waals surface area (Å²) >= 11 is 0. The van der Waals surface area contributed by atoms with E-state index in [0.717, 1.165) is 11.1 Å². The van der Waals surface area contributed by atoms with E-state index in [1.54, 1.807) is 0 Å². The van der Waals surface area contributed by atoms with E-state index in [1.807, 2.05) is 67.6 Å². The van der Waals surface area contributed by atoms with Crippen LogP contribution in [0.4, 0.5) is 11.4 Å². The average Bonchev–Trinajstić information content (AvgIpc) is 3.30. The van der Waals surface area contributed by atoms with Gasteiger partial charge in [0.05, 0.1) is 21.9 Å². The molecule has 148 valence electrons. The van der Waals surface area contributed by atoms with Crippen molar-refractivity contribution >= 4 is 23.2 Å². The molecule has 0 aromatic heterocycles. The van der Waals surface area contributed by atoms with Crippen LogP contribution in [0.3, 0.4) is 0 Å². The summed E-state index contributed by atoms with van der Waals surface area (Å²) in [5.74, 6) is -1.08. The minimum absolute atomic E-state index is 0.0860. The number of hydrogen-bond acceptors (Lipinski definition) is 4. The van der Waals surface area contributed by atoms with Crippen molar-refractivity contribution in [3.8, 4) is 0 Å². The van der Waals surface area contributed by atoms with Gasteiger partial charge in [-0.15, -0.1) is 0 Å². The number of anilines is 1. The van der Waals surface area contributed by atoms with Gasteiger partial charge in [-0.2, -0.15) is 0 Å². The van der Waals surface area contributed by atoms with Gasteiger partial charge in [-0.1, -0.05) is 60.7 Å². The maximum absolute atomic E-state index is 13.6. The molecular formula is C24H18N2O4. The van der Waals surface area contributed by atoms with E-state index >= 15 is 0 Å². The molecule has 2 amide bonds. The van der Waals surface area contributed by atoms with Crippen LogP contribution in [0.15, 0.2) is 84.9 Å². The SMILES string of the molecule is C[C@@]12C(=O)N(c3ccc([N+](=O)[O-])cc3)C(=O)[C@H]1C2(c1ccccc1)c1ccccc1. The number of fused-ring (bicyclic) bond motifs is 1. The Balaban J connectivity index is 1.62. The first-order valence-corrected chi connectivity index (χ1v) is 9.68. The highest BCUT2D eigenvalue weighted by Gasteiger charge is 2.86. The van der Waals surface area contributed by atoms with Crippen LogP contribution in [0, 0.1) is 21.4 Å². The Labute approximate surface area is 172 Å². The Bertz CT molecular complexity index is 1140. The van der Waals surface area contributed by atoms with Gasteiger partial charge in [-0.05, 0) is 30.2 Å². The third-order valence-corrected chi connectivity index (χ3v) is 6.64. The molecule has 1 saturated carbocycles. The van der Waals surface area contributed by atoms with E-state index in [4.69, 9.17) is 0 Å². The maximum atomic E-state index is 13.6. The molecule has 6 nitrogen and oxygen atoms in total. The standard InChI is InChI=1S/C24H18N2O4/c1-23-20(21(27)25(22(23)28)18-12-14-19(15-13-18)26(29)30)24(23,16-8-4-2-5-9-16)17-10-6-3-7-11-17/h2-15,20H,1H3/t20-,23+/m1/s1. The first-order chi connectivity index (χ1) is 14.4. The average molecular weight is 398 g/mol. The zero-order chi connectivity index (χ0) is 21.1. The predicted molar refractivity (Wildman–Crippen MR) is 111 cm³/mol. The Morgan fingerprint density at radius 2 is 1.33 bits per heavy atom. The van der Waals surface area contributed by atoms with E-state index in [2.05, 4.69) is 0 Å². The highest BCUT2D eigenvalue weighted by atomic mass is 16.6. The Hall–Kier alpha value is -3.80. The molecule has 1 heterocycles. The second kappa shape index (κ2) is 6.10. The van der Waals surface area contributed by atoms with Crippen molar-refractivity contribution in [2.24, 2.45) is 11.3 Å². The van der Waals surface area contributed by atoms with Crippen LogP contribution in [0.2, 0.25) is 0 Å². The monoisotopic (exact) mass is 398 g/mol. The van der Waals surface area contributed by atoms with Crippen LogP contribution < -0.4 is 4.90 Å². The lowest BCUT2D eigenvalue weighted by Gasteiger charge is -2.29. The van der Waals surface area contributed by atoms with Gasteiger partial charge in [0.1, 0.15) is 0 Å². The zero-order valence-corrected chi connectivity index (χ0v) is 16.2. The number of benzene rings is 3. The van der Waals surface area contributed by atoms with Crippen molar-refractivity contribution in [1.29, 1.82) is 0 Å². The number of carbonyl (C=O) groups is 2. The Morgan fingerprint density at radius 1 is 0.833 bits per heavy atom. The molecule has 0 spiro atoms. The van der Waals surface area contributed by atoms with Crippen molar-refractivity contribution in [3.05, 3.63) is 106 Å². The topological polar surface area (TPSA) is 80.5 Å². The fourth-order valence-electron chi connectivity index (χ4n) is 5.27. The molecule has 0 radical (unpaired) electrons. The molecule has 1 aliphatic carbocycles. The second-order valence-corrected chi connectivity index (χ2v) is 7.93. The minimum Gasteiger partial charge on any atom is -0.274 e. The Morgan fingerprint density at radius 3 is 1.73 bits per heavy atom. The molecule has 0 unspecified atom stereocenters. The number of non-ortho nitro benzene ring substituents is 1. The molecule has 2 aliphatic rings. The molecule has 2 atom stereocenters. The minimum atomic E-state index is -0.922. The smallest absolute Gasteiger partial charge is 0.269 e. The van der Waals surface area contributed by atoms with Gasteiger partial charge >= 0.3 is 0 Å². The number of carbonyl (C=O) groups excluding carboxylic acids is 2. The van der Waals surface area contributed by atoms with Crippen LogP contribution in [0.1, 0.15) is 18.1 Å². The first-order valence-electron chi connectivity index (χ1n) is 9.68. The van der Waals surface area contributed by atoms with Gasteiger partial charge < -0.3 is 0 Å².